The lowest BCUT2D eigenvalue weighted by Crippen LogP contribution is -2.28. The molecule has 0 saturated heterocycles. The van der Waals surface area contributed by atoms with Gasteiger partial charge in [0.2, 0.25) is 10.0 Å². The van der Waals surface area contributed by atoms with Crippen molar-refractivity contribution in [3.8, 4) is 5.75 Å². The number of rotatable bonds is 5. The average molecular weight is 285 g/mol. The molecule has 0 atom stereocenters. The first kappa shape index (κ1) is 13.8. The van der Waals surface area contributed by atoms with Crippen LogP contribution in [0.15, 0.2) is 23.1 Å². The van der Waals surface area contributed by atoms with Crippen LogP contribution in [0.5, 0.6) is 5.75 Å². The van der Waals surface area contributed by atoms with Crippen molar-refractivity contribution in [1.29, 1.82) is 0 Å². The van der Waals surface area contributed by atoms with Gasteiger partial charge in [0.1, 0.15) is 5.75 Å². The van der Waals surface area contributed by atoms with E-state index in [1.165, 1.54) is 18.2 Å². The zero-order valence-electron chi connectivity index (χ0n) is 10.2. The van der Waals surface area contributed by atoms with Crippen LogP contribution in [0.4, 0.5) is 5.69 Å². The Kier molecular flexibility index (Phi) is 4.03. The highest BCUT2D eigenvalue weighted by atomic mass is 32.2. The van der Waals surface area contributed by atoms with Gasteiger partial charge < -0.3 is 15.8 Å². The third-order valence-electron chi connectivity index (χ3n) is 2.57. The molecule has 0 spiro atoms. The fraction of sp³-hybridized carbons (Fsp3) is 0.364. The highest BCUT2D eigenvalue weighted by Crippen LogP contribution is 2.29. The predicted molar refractivity (Wildman–Crippen MR) is 69.4 cm³/mol. The molecule has 0 aliphatic carbocycles. The van der Waals surface area contributed by atoms with Crippen molar-refractivity contribution in [2.45, 2.75) is 11.3 Å². The standard InChI is InChI=1S/C11H15N3O4S/c12-4-1-5-13-19(16,17)8-2-3-10-9(6-8)14-11(15)7-18-10/h2-3,6,13H,1,4-5,7,12H2,(H,14,15). The second kappa shape index (κ2) is 5.55. The number of anilines is 1. The Labute approximate surface area is 111 Å². The van der Waals surface area contributed by atoms with Crippen LogP contribution in [0.25, 0.3) is 0 Å². The third kappa shape index (κ3) is 3.22. The average Bonchev–Trinajstić information content (AvgIpc) is 2.38. The number of nitrogens with two attached hydrogens (primary N) is 1. The van der Waals surface area contributed by atoms with Crippen molar-refractivity contribution in [2.24, 2.45) is 5.73 Å². The van der Waals surface area contributed by atoms with Crippen LogP contribution in [0, 0.1) is 0 Å². The monoisotopic (exact) mass is 285 g/mol. The molecule has 0 unspecified atom stereocenters. The van der Waals surface area contributed by atoms with Gasteiger partial charge in [-0.15, -0.1) is 0 Å². The fourth-order valence-corrected chi connectivity index (χ4v) is 2.72. The Morgan fingerprint density at radius 1 is 1.42 bits per heavy atom. The molecule has 1 aliphatic heterocycles. The van der Waals surface area contributed by atoms with E-state index in [0.29, 0.717) is 24.4 Å². The second-order valence-corrected chi connectivity index (χ2v) is 5.80. The van der Waals surface area contributed by atoms with Crippen LogP contribution in [-0.4, -0.2) is 34.0 Å². The molecule has 19 heavy (non-hydrogen) atoms. The van der Waals surface area contributed by atoms with E-state index < -0.39 is 10.0 Å². The largest absolute Gasteiger partial charge is 0.482 e. The number of benzene rings is 1. The molecular weight excluding hydrogens is 270 g/mol. The summed E-state index contributed by atoms with van der Waals surface area (Å²) in [5.41, 5.74) is 5.66. The minimum Gasteiger partial charge on any atom is -0.482 e. The van der Waals surface area contributed by atoms with Crippen LogP contribution < -0.4 is 20.5 Å². The normalized spacial score (nSPS) is 14.5. The van der Waals surface area contributed by atoms with Gasteiger partial charge in [-0.25, -0.2) is 13.1 Å². The Hall–Kier alpha value is -1.64. The van der Waals surface area contributed by atoms with E-state index in [-0.39, 0.29) is 24.0 Å². The molecular formula is C11H15N3O4S. The quantitative estimate of drug-likeness (QED) is 0.640. The zero-order valence-corrected chi connectivity index (χ0v) is 11.0. The number of hydrogen-bond donors (Lipinski definition) is 3. The Balaban J connectivity index is 2.21. The number of amides is 1. The zero-order chi connectivity index (χ0) is 13.9. The van der Waals surface area contributed by atoms with Gasteiger partial charge in [-0.3, -0.25) is 4.79 Å². The first-order valence-corrected chi connectivity index (χ1v) is 7.28. The SMILES string of the molecule is NCCCNS(=O)(=O)c1ccc2c(c1)NC(=O)CO2. The molecule has 0 bridgehead atoms. The molecule has 1 aliphatic rings. The van der Waals surface area contributed by atoms with E-state index in [0.717, 1.165) is 0 Å². The van der Waals surface area contributed by atoms with Gasteiger partial charge in [0.05, 0.1) is 10.6 Å². The van der Waals surface area contributed by atoms with Crippen molar-refractivity contribution >= 4 is 21.6 Å². The van der Waals surface area contributed by atoms with Gasteiger partial charge in [0.15, 0.2) is 6.61 Å². The van der Waals surface area contributed by atoms with E-state index in [1.807, 2.05) is 0 Å². The van der Waals surface area contributed by atoms with Gasteiger partial charge in [-0.2, -0.15) is 0 Å². The Morgan fingerprint density at radius 3 is 2.95 bits per heavy atom. The number of carbonyl (C=O) groups excluding carboxylic acids is 1. The maximum absolute atomic E-state index is 12.0. The molecule has 7 nitrogen and oxygen atoms in total. The first-order chi connectivity index (χ1) is 9.03. The molecule has 1 amide bonds. The highest BCUT2D eigenvalue weighted by Gasteiger charge is 2.20. The third-order valence-corrected chi connectivity index (χ3v) is 4.03. The smallest absolute Gasteiger partial charge is 0.262 e. The van der Waals surface area contributed by atoms with Crippen molar-refractivity contribution in [2.75, 3.05) is 25.0 Å². The molecule has 0 radical (unpaired) electrons. The summed E-state index contributed by atoms with van der Waals surface area (Å²) in [6, 6.07) is 4.32. The maximum atomic E-state index is 12.0. The molecule has 0 aromatic heterocycles. The van der Waals surface area contributed by atoms with E-state index in [1.54, 1.807) is 0 Å². The van der Waals surface area contributed by atoms with E-state index >= 15 is 0 Å². The van der Waals surface area contributed by atoms with Crippen LogP contribution in [-0.2, 0) is 14.8 Å². The summed E-state index contributed by atoms with van der Waals surface area (Å²) < 4.78 is 31.5. The van der Waals surface area contributed by atoms with Crippen LogP contribution in [0.2, 0.25) is 0 Å². The minimum absolute atomic E-state index is 0.0617. The number of fused-ring (bicyclic) bond motifs is 1. The van der Waals surface area contributed by atoms with Gasteiger partial charge in [-0.05, 0) is 31.2 Å². The minimum atomic E-state index is -3.60. The topological polar surface area (TPSA) is 111 Å². The Morgan fingerprint density at radius 2 is 2.21 bits per heavy atom. The molecule has 1 heterocycles. The van der Waals surface area contributed by atoms with Crippen LogP contribution in [0.1, 0.15) is 6.42 Å². The Bertz CT molecular complexity index is 586. The van der Waals surface area contributed by atoms with Crippen molar-refractivity contribution in [3.05, 3.63) is 18.2 Å². The van der Waals surface area contributed by atoms with Gasteiger partial charge in [0, 0.05) is 6.54 Å². The van der Waals surface area contributed by atoms with Gasteiger partial charge >= 0.3 is 0 Å². The summed E-state index contributed by atoms with van der Waals surface area (Å²) in [7, 11) is -3.60. The number of carbonyl (C=O) groups is 1. The van der Waals surface area contributed by atoms with E-state index in [4.69, 9.17) is 10.5 Å². The molecule has 8 heteroatoms. The first-order valence-electron chi connectivity index (χ1n) is 5.79. The summed E-state index contributed by atoms with van der Waals surface area (Å²) >= 11 is 0. The maximum Gasteiger partial charge on any atom is 0.262 e. The molecule has 1 aromatic rings. The number of sulfonamides is 1. The van der Waals surface area contributed by atoms with Crippen LogP contribution >= 0.6 is 0 Å². The molecule has 0 fully saturated rings. The summed E-state index contributed by atoms with van der Waals surface area (Å²) in [6.07, 6.45) is 0.560. The lowest BCUT2D eigenvalue weighted by Gasteiger charge is -2.18. The number of nitrogens with one attached hydrogen (secondary N) is 2. The molecule has 1 aromatic carbocycles. The second-order valence-electron chi connectivity index (χ2n) is 4.03. The lowest BCUT2D eigenvalue weighted by molar-refractivity contribution is -0.118. The number of ether oxygens (including phenoxy) is 1. The van der Waals surface area contributed by atoms with E-state index in [9.17, 15) is 13.2 Å². The lowest BCUT2D eigenvalue weighted by atomic mass is 10.2. The van der Waals surface area contributed by atoms with Crippen molar-refractivity contribution in [3.63, 3.8) is 0 Å². The molecule has 0 saturated carbocycles. The summed E-state index contributed by atoms with van der Waals surface area (Å²) in [4.78, 5) is 11.3. The van der Waals surface area contributed by atoms with Crippen molar-refractivity contribution in [1.82, 2.24) is 4.72 Å². The molecule has 4 N–H and O–H groups in total. The fourth-order valence-electron chi connectivity index (χ4n) is 1.62. The summed E-state index contributed by atoms with van der Waals surface area (Å²) in [6.45, 7) is 0.628. The highest BCUT2D eigenvalue weighted by molar-refractivity contribution is 7.89. The van der Waals surface area contributed by atoms with Crippen LogP contribution in [0.3, 0.4) is 0 Å². The predicted octanol–water partition coefficient (Wildman–Crippen LogP) is -0.355. The molecule has 2 rings (SSSR count). The van der Waals surface area contributed by atoms with Gasteiger partial charge in [0.25, 0.3) is 5.91 Å². The van der Waals surface area contributed by atoms with Gasteiger partial charge in [-0.1, -0.05) is 0 Å². The summed E-state index contributed by atoms with van der Waals surface area (Å²) in [5.74, 6) is 0.152. The molecule has 104 valence electrons. The van der Waals surface area contributed by atoms with Crippen molar-refractivity contribution < 1.29 is 17.9 Å². The number of hydrogen-bond acceptors (Lipinski definition) is 5. The summed E-state index contributed by atoms with van der Waals surface area (Å²) in [5, 5.41) is 2.56. The van der Waals surface area contributed by atoms with E-state index in [2.05, 4.69) is 10.0 Å².